The van der Waals surface area contributed by atoms with E-state index in [2.05, 4.69) is 31.4 Å². The highest BCUT2D eigenvalue weighted by atomic mass is 16.4. The third-order valence-electron chi connectivity index (χ3n) is 9.37. The molecule has 50 heavy (non-hydrogen) atoms. The van der Waals surface area contributed by atoms with Crippen LogP contribution < -0.4 is 22.1 Å². The molecule has 0 saturated carbocycles. The molecule has 0 aromatic rings. The Labute approximate surface area is 309 Å². The predicted octanol–water partition coefficient (Wildman–Crippen LogP) is 7.24. The second-order valence-corrected chi connectivity index (χ2v) is 14.1. The molecule has 0 rings (SSSR count). The quantitative estimate of drug-likeness (QED) is 0.0359. The third kappa shape index (κ3) is 37.9. The number of carboxylic acid groups (broad SMARTS) is 2. The molecule has 0 bridgehead atoms. The maximum Gasteiger partial charge on any atom is 0.320 e. The molecule has 1 atom stereocenters. The lowest BCUT2D eigenvalue weighted by molar-refractivity contribution is -0.143. The van der Waals surface area contributed by atoms with Crippen molar-refractivity contribution in [3.8, 4) is 0 Å². The molecule has 0 amide bonds. The first-order chi connectivity index (χ1) is 24.4. The number of unbranched alkanes of at least 4 members (excludes halogenated alkanes) is 19. The smallest absolute Gasteiger partial charge is 0.320 e. The molecule has 1 unspecified atom stereocenters. The fourth-order valence-corrected chi connectivity index (χ4v) is 6.29. The van der Waals surface area contributed by atoms with Crippen molar-refractivity contribution < 1.29 is 19.8 Å². The van der Waals surface area contributed by atoms with Gasteiger partial charge in [0.05, 0.1) is 6.54 Å². The number of nitrogens with one attached hydrogen (secondary N) is 2. The van der Waals surface area contributed by atoms with Gasteiger partial charge in [-0.05, 0) is 32.4 Å². The summed E-state index contributed by atoms with van der Waals surface area (Å²) in [5.74, 6) is -1.48. The van der Waals surface area contributed by atoms with Crippen LogP contribution in [0.5, 0.6) is 0 Å². The highest BCUT2D eigenvalue weighted by molar-refractivity contribution is 5.73. The van der Waals surface area contributed by atoms with Crippen molar-refractivity contribution >= 4 is 11.9 Å². The maximum absolute atomic E-state index is 11.5. The van der Waals surface area contributed by atoms with Crippen LogP contribution in [0.25, 0.3) is 0 Å². The summed E-state index contributed by atoms with van der Waals surface area (Å²) in [7, 11) is 0. The van der Waals surface area contributed by atoms with E-state index >= 15 is 0 Å². The standard InChI is InChI=1S/C22H47N3O2.C18H39N3O2/c1-3-5-7-9-11-13-15-23-17-19-25(21-22(26)27)20-18-24-16-14-12-10-8-6-4-2;1-2-3-4-5-6-7-8-9-10-11-12-17(18(22)23)21(15-13-19)16-14-20/h23-24H,3-21H2,1-2H3,(H,26,27);17H,2-16,19-20H2,1H3,(H,22,23). The Kier molecular flexibility index (Phi) is 42.8. The Hall–Kier alpha value is -1.30. The Morgan fingerprint density at radius 2 is 0.880 bits per heavy atom. The highest BCUT2D eigenvalue weighted by Crippen LogP contribution is 2.14. The number of nitrogens with zero attached hydrogens (tertiary/aromatic N) is 2. The minimum absolute atomic E-state index is 0.136. The van der Waals surface area contributed by atoms with Gasteiger partial charge in [-0.1, -0.05) is 149 Å². The molecule has 0 saturated heterocycles. The topological polar surface area (TPSA) is 157 Å². The summed E-state index contributed by atoms with van der Waals surface area (Å²) in [6.45, 7) is 14.5. The van der Waals surface area contributed by atoms with Crippen molar-refractivity contribution in [2.24, 2.45) is 11.5 Å². The van der Waals surface area contributed by atoms with Crippen molar-refractivity contribution in [2.75, 3.05) is 72.0 Å². The first kappa shape index (κ1) is 50.8. The molecule has 300 valence electrons. The van der Waals surface area contributed by atoms with Gasteiger partial charge in [-0.3, -0.25) is 19.4 Å². The van der Waals surface area contributed by atoms with E-state index in [1.807, 2.05) is 9.80 Å². The minimum Gasteiger partial charge on any atom is -0.480 e. The molecule has 0 aromatic carbocycles. The molecule has 0 heterocycles. The van der Waals surface area contributed by atoms with E-state index in [0.29, 0.717) is 32.6 Å². The number of hydrogen-bond acceptors (Lipinski definition) is 8. The summed E-state index contributed by atoms with van der Waals surface area (Å²) < 4.78 is 0. The normalized spacial score (nSPS) is 12.0. The summed E-state index contributed by atoms with van der Waals surface area (Å²) in [4.78, 5) is 26.5. The van der Waals surface area contributed by atoms with Crippen molar-refractivity contribution in [1.29, 1.82) is 0 Å². The molecule has 0 aliphatic heterocycles. The first-order valence-corrected chi connectivity index (χ1v) is 21.1. The summed E-state index contributed by atoms with van der Waals surface area (Å²) in [5, 5.41) is 25.4. The maximum atomic E-state index is 11.5. The van der Waals surface area contributed by atoms with E-state index in [0.717, 1.165) is 52.1 Å². The summed E-state index contributed by atoms with van der Waals surface area (Å²) in [6, 6.07) is -0.434. The zero-order valence-corrected chi connectivity index (χ0v) is 33.4. The Balaban J connectivity index is 0. The molecular weight excluding hydrogens is 628 g/mol. The lowest BCUT2D eigenvalue weighted by Gasteiger charge is -2.27. The highest BCUT2D eigenvalue weighted by Gasteiger charge is 2.23. The van der Waals surface area contributed by atoms with Crippen LogP contribution >= 0.6 is 0 Å². The van der Waals surface area contributed by atoms with Crippen LogP contribution in [-0.2, 0) is 9.59 Å². The SMILES string of the molecule is CCCCCCCCCCCCC(C(=O)O)N(CCN)CCN.CCCCCCCCNCCN(CCNCCCCCCCC)CC(=O)O. The van der Waals surface area contributed by atoms with Crippen molar-refractivity contribution in [3.05, 3.63) is 0 Å². The van der Waals surface area contributed by atoms with Gasteiger partial charge < -0.3 is 32.3 Å². The second-order valence-electron chi connectivity index (χ2n) is 14.1. The van der Waals surface area contributed by atoms with Crippen molar-refractivity contribution in [3.63, 3.8) is 0 Å². The number of carbonyl (C=O) groups is 2. The molecule has 10 heteroatoms. The van der Waals surface area contributed by atoms with Gasteiger partial charge in [0.25, 0.3) is 0 Å². The van der Waals surface area contributed by atoms with Crippen LogP contribution in [0.15, 0.2) is 0 Å². The molecule has 0 spiro atoms. The minimum atomic E-state index is -0.747. The zero-order chi connectivity index (χ0) is 37.3. The van der Waals surface area contributed by atoms with E-state index in [-0.39, 0.29) is 6.54 Å². The summed E-state index contributed by atoms with van der Waals surface area (Å²) in [5.41, 5.74) is 11.2. The van der Waals surface area contributed by atoms with E-state index in [1.54, 1.807) is 0 Å². The first-order valence-electron chi connectivity index (χ1n) is 21.1. The Morgan fingerprint density at radius 3 is 1.22 bits per heavy atom. The number of aliphatic carboxylic acids is 2. The predicted molar refractivity (Wildman–Crippen MR) is 214 cm³/mol. The molecule has 8 N–H and O–H groups in total. The van der Waals surface area contributed by atoms with Gasteiger partial charge >= 0.3 is 11.9 Å². The fraction of sp³-hybridized carbons (Fsp3) is 0.950. The van der Waals surface area contributed by atoms with Crippen molar-refractivity contribution in [2.45, 2.75) is 174 Å². The summed E-state index contributed by atoms with van der Waals surface area (Å²) >= 11 is 0. The molecule has 0 aliphatic carbocycles. The molecule has 0 fully saturated rings. The Morgan fingerprint density at radius 1 is 0.520 bits per heavy atom. The van der Waals surface area contributed by atoms with Crippen molar-refractivity contribution in [1.82, 2.24) is 20.4 Å². The van der Waals surface area contributed by atoms with Crippen LogP contribution in [0.2, 0.25) is 0 Å². The van der Waals surface area contributed by atoms with E-state index < -0.39 is 18.0 Å². The average Bonchev–Trinajstić information content (AvgIpc) is 3.09. The average molecular weight is 715 g/mol. The number of carboxylic acids is 2. The molecule has 10 nitrogen and oxygen atoms in total. The lowest BCUT2D eigenvalue weighted by Crippen LogP contribution is -2.46. The van der Waals surface area contributed by atoms with Gasteiger partial charge in [-0.15, -0.1) is 0 Å². The number of nitrogens with two attached hydrogens (primary N) is 2. The van der Waals surface area contributed by atoms with Crippen LogP contribution in [0, 0.1) is 0 Å². The third-order valence-corrected chi connectivity index (χ3v) is 9.37. The van der Waals surface area contributed by atoms with Gasteiger partial charge in [0, 0.05) is 52.4 Å². The molecule has 0 aliphatic rings. The van der Waals surface area contributed by atoms with E-state index in [9.17, 15) is 14.7 Å². The van der Waals surface area contributed by atoms with E-state index in [1.165, 1.54) is 128 Å². The van der Waals surface area contributed by atoms with Gasteiger partial charge in [-0.25, -0.2) is 0 Å². The Bertz CT molecular complexity index is 675. The number of hydrogen-bond donors (Lipinski definition) is 6. The second kappa shape index (κ2) is 42.1. The largest absolute Gasteiger partial charge is 0.480 e. The van der Waals surface area contributed by atoms with Gasteiger partial charge in [0.15, 0.2) is 0 Å². The summed E-state index contributed by atoms with van der Waals surface area (Å²) in [6.07, 6.45) is 29.1. The van der Waals surface area contributed by atoms with Crippen LogP contribution in [0.4, 0.5) is 0 Å². The van der Waals surface area contributed by atoms with E-state index in [4.69, 9.17) is 16.6 Å². The zero-order valence-electron chi connectivity index (χ0n) is 33.4. The monoisotopic (exact) mass is 715 g/mol. The number of rotatable bonds is 39. The van der Waals surface area contributed by atoms with Gasteiger partial charge in [0.2, 0.25) is 0 Å². The van der Waals surface area contributed by atoms with Crippen LogP contribution in [0.3, 0.4) is 0 Å². The molecular formula is C40H86N6O4. The fourth-order valence-electron chi connectivity index (χ4n) is 6.29. The van der Waals surface area contributed by atoms with Gasteiger partial charge in [-0.2, -0.15) is 0 Å². The van der Waals surface area contributed by atoms with Crippen LogP contribution in [0.1, 0.15) is 168 Å². The lowest BCUT2D eigenvalue weighted by atomic mass is 10.0. The van der Waals surface area contributed by atoms with Gasteiger partial charge in [0.1, 0.15) is 6.04 Å². The molecule has 0 aromatic heterocycles. The molecule has 0 radical (unpaired) electrons. The van der Waals surface area contributed by atoms with Crippen LogP contribution in [-0.4, -0.2) is 110 Å².